The minimum absolute atomic E-state index is 0.00404. The lowest BCUT2D eigenvalue weighted by molar-refractivity contribution is 0.0697. The molecule has 2 aromatic rings. The summed E-state index contributed by atoms with van der Waals surface area (Å²) in [6.45, 7) is 1.67. The number of nitrogens with zero attached hydrogens (tertiary/aromatic N) is 1. The fourth-order valence-corrected chi connectivity index (χ4v) is 3.84. The predicted octanol–water partition coefficient (Wildman–Crippen LogP) is 2.60. The SMILES string of the molecule is Cc1ccc(C(=O)O)cc1NS(=O)(=O)c1cnc(Cl)s1. The highest BCUT2D eigenvalue weighted by molar-refractivity contribution is 7.94. The number of benzene rings is 1. The number of rotatable bonds is 4. The lowest BCUT2D eigenvalue weighted by atomic mass is 10.1. The Morgan fingerprint density at radius 3 is 2.70 bits per heavy atom. The average molecular weight is 333 g/mol. The summed E-state index contributed by atoms with van der Waals surface area (Å²) >= 11 is 6.42. The van der Waals surface area contributed by atoms with E-state index in [2.05, 4.69) is 9.71 Å². The predicted molar refractivity (Wildman–Crippen MR) is 76.1 cm³/mol. The first-order valence-corrected chi connectivity index (χ1v) is 7.95. The maximum Gasteiger partial charge on any atom is 0.335 e. The molecule has 0 bridgehead atoms. The van der Waals surface area contributed by atoms with E-state index in [1.165, 1.54) is 18.2 Å². The molecule has 0 unspecified atom stereocenters. The molecule has 1 heterocycles. The fraction of sp³-hybridized carbons (Fsp3) is 0.0909. The first-order valence-electron chi connectivity index (χ1n) is 5.28. The van der Waals surface area contributed by atoms with Gasteiger partial charge in [-0.05, 0) is 24.6 Å². The number of carbonyl (C=O) groups is 1. The zero-order valence-corrected chi connectivity index (χ0v) is 12.5. The molecule has 20 heavy (non-hydrogen) atoms. The maximum absolute atomic E-state index is 12.1. The Morgan fingerprint density at radius 1 is 1.45 bits per heavy atom. The van der Waals surface area contributed by atoms with Crippen LogP contribution in [0.2, 0.25) is 4.47 Å². The molecule has 106 valence electrons. The molecule has 9 heteroatoms. The van der Waals surface area contributed by atoms with Crippen LogP contribution >= 0.6 is 22.9 Å². The van der Waals surface area contributed by atoms with E-state index in [-0.39, 0.29) is 19.9 Å². The van der Waals surface area contributed by atoms with Crippen LogP contribution in [0.1, 0.15) is 15.9 Å². The highest BCUT2D eigenvalue weighted by atomic mass is 35.5. The number of anilines is 1. The Bertz CT molecular complexity index is 770. The molecule has 2 rings (SSSR count). The van der Waals surface area contributed by atoms with Crippen molar-refractivity contribution in [2.45, 2.75) is 11.1 Å². The molecule has 0 aliphatic carbocycles. The Balaban J connectivity index is 2.39. The van der Waals surface area contributed by atoms with Crippen LogP contribution in [-0.4, -0.2) is 24.5 Å². The zero-order valence-electron chi connectivity index (χ0n) is 10.1. The lowest BCUT2D eigenvalue weighted by Gasteiger charge is -2.09. The molecule has 1 aromatic carbocycles. The number of hydrogen-bond acceptors (Lipinski definition) is 5. The molecule has 0 saturated carbocycles. The molecule has 0 aliphatic rings. The van der Waals surface area contributed by atoms with Crippen molar-refractivity contribution < 1.29 is 18.3 Å². The minimum Gasteiger partial charge on any atom is -0.478 e. The van der Waals surface area contributed by atoms with E-state index in [0.717, 1.165) is 17.5 Å². The number of aromatic carboxylic acids is 1. The quantitative estimate of drug-likeness (QED) is 0.897. The lowest BCUT2D eigenvalue weighted by Crippen LogP contribution is -2.13. The second-order valence-corrected chi connectivity index (χ2v) is 7.39. The number of carboxylic acid groups (broad SMARTS) is 1. The van der Waals surface area contributed by atoms with Crippen molar-refractivity contribution in [1.82, 2.24) is 4.98 Å². The van der Waals surface area contributed by atoms with Crippen molar-refractivity contribution >= 4 is 44.6 Å². The number of sulfonamides is 1. The molecule has 0 aliphatic heterocycles. The van der Waals surface area contributed by atoms with Gasteiger partial charge in [-0.25, -0.2) is 18.2 Å². The Morgan fingerprint density at radius 2 is 2.15 bits per heavy atom. The van der Waals surface area contributed by atoms with Crippen LogP contribution in [0.3, 0.4) is 0 Å². The van der Waals surface area contributed by atoms with Gasteiger partial charge in [-0.1, -0.05) is 29.0 Å². The van der Waals surface area contributed by atoms with Gasteiger partial charge in [-0.3, -0.25) is 4.72 Å². The first kappa shape index (κ1) is 14.8. The number of nitrogens with one attached hydrogen (secondary N) is 1. The van der Waals surface area contributed by atoms with Gasteiger partial charge in [0, 0.05) is 0 Å². The third kappa shape index (κ3) is 3.09. The van der Waals surface area contributed by atoms with Crippen LogP contribution in [0.4, 0.5) is 5.69 Å². The van der Waals surface area contributed by atoms with Crippen molar-refractivity contribution in [2.75, 3.05) is 4.72 Å². The Kier molecular flexibility index (Phi) is 3.98. The van der Waals surface area contributed by atoms with Crippen molar-refractivity contribution in [2.24, 2.45) is 0 Å². The highest BCUT2D eigenvalue weighted by Gasteiger charge is 2.19. The standard InChI is InChI=1S/C11H9ClN2O4S2/c1-6-2-3-7(10(15)16)4-8(6)14-20(17,18)9-5-13-11(12)19-9/h2-5,14H,1H3,(H,15,16). The topological polar surface area (TPSA) is 96.4 Å². The number of hydrogen-bond donors (Lipinski definition) is 2. The van der Waals surface area contributed by atoms with Gasteiger partial charge in [0.1, 0.15) is 0 Å². The molecule has 2 N–H and O–H groups in total. The molecule has 0 fully saturated rings. The van der Waals surface area contributed by atoms with E-state index in [1.807, 2.05) is 0 Å². The first-order chi connectivity index (χ1) is 9.29. The average Bonchev–Trinajstić information content (AvgIpc) is 2.79. The molecule has 0 atom stereocenters. The van der Waals surface area contributed by atoms with Crippen LogP contribution in [0.25, 0.3) is 0 Å². The molecule has 0 spiro atoms. The molecular formula is C11H9ClN2O4S2. The van der Waals surface area contributed by atoms with Crippen LogP contribution in [0.15, 0.2) is 28.6 Å². The summed E-state index contributed by atoms with van der Waals surface area (Å²) in [6, 6.07) is 4.19. The van der Waals surface area contributed by atoms with Crippen molar-refractivity contribution in [1.29, 1.82) is 0 Å². The fourth-order valence-electron chi connectivity index (χ4n) is 1.42. The van der Waals surface area contributed by atoms with Gasteiger partial charge >= 0.3 is 5.97 Å². The maximum atomic E-state index is 12.1. The van der Waals surface area contributed by atoms with E-state index in [0.29, 0.717) is 5.56 Å². The van der Waals surface area contributed by atoms with Gasteiger partial charge in [0.2, 0.25) is 0 Å². The molecule has 0 amide bonds. The second kappa shape index (κ2) is 5.39. The van der Waals surface area contributed by atoms with Crippen LogP contribution in [0.5, 0.6) is 0 Å². The van der Waals surface area contributed by atoms with Crippen LogP contribution in [0, 0.1) is 6.92 Å². The highest BCUT2D eigenvalue weighted by Crippen LogP contribution is 2.26. The second-order valence-electron chi connectivity index (χ2n) is 3.87. The van der Waals surface area contributed by atoms with Crippen molar-refractivity contribution in [3.8, 4) is 0 Å². The summed E-state index contributed by atoms with van der Waals surface area (Å²) in [6.07, 6.45) is 1.14. The third-order valence-corrected chi connectivity index (χ3v) is 5.39. The largest absolute Gasteiger partial charge is 0.478 e. The smallest absolute Gasteiger partial charge is 0.335 e. The number of aromatic nitrogens is 1. The Hall–Kier alpha value is -1.64. The van der Waals surface area contributed by atoms with E-state index in [1.54, 1.807) is 6.92 Å². The molecule has 0 saturated heterocycles. The minimum atomic E-state index is -3.83. The zero-order chi connectivity index (χ0) is 14.9. The Labute approximate surface area is 124 Å². The van der Waals surface area contributed by atoms with Gasteiger partial charge in [0.25, 0.3) is 10.0 Å². The molecule has 0 radical (unpaired) electrons. The van der Waals surface area contributed by atoms with E-state index >= 15 is 0 Å². The summed E-state index contributed by atoms with van der Waals surface area (Å²) in [5, 5.41) is 8.92. The number of carboxylic acids is 1. The van der Waals surface area contributed by atoms with Crippen molar-refractivity contribution in [3.63, 3.8) is 0 Å². The molecule has 6 nitrogen and oxygen atoms in total. The monoisotopic (exact) mass is 332 g/mol. The number of halogens is 1. The van der Waals surface area contributed by atoms with E-state index in [4.69, 9.17) is 16.7 Å². The van der Waals surface area contributed by atoms with Gasteiger partial charge in [-0.15, -0.1) is 0 Å². The summed E-state index contributed by atoms with van der Waals surface area (Å²) in [5.41, 5.74) is 0.805. The summed E-state index contributed by atoms with van der Waals surface area (Å²) in [4.78, 5) is 14.6. The molecule has 1 aromatic heterocycles. The van der Waals surface area contributed by atoms with Crippen LogP contribution < -0.4 is 4.72 Å². The normalized spacial score (nSPS) is 11.3. The summed E-state index contributed by atoms with van der Waals surface area (Å²) < 4.78 is 26.6. The summed E-state index contributed by atoms with van der Waals surface area (Å²) in [5.74, 6) is -1.13. The van der Waals surface area contributed by atoms with Gasteiger partial charge < -0.3 is 5.11 Å². The summed E-state index contributed by atoms with van der Waals surface area (Å²) in [7, 11) is -3.83. The van der Waals surface area contributed by atoms with Gasteiger partial charge in [0.15, 0.2) is 8.68 Å². The van der Waals surface area contributed by atoms with Crippen LogP contribution in [-0.2, 0) is 10.0 Å². The van der Waals surface area contributed by atoms with Crippen molar-refractivity contribution in [3.05, 3.63) is 40.0 Å². The van der Waals surface area contributed by atoms with Gasteiger partial charge in [-0.2, -0.15) is 0 Å². The van der Waals surface area contributed by atoms with Gasteiger partial charge in [0.05, 0.1) is 17.4 Å². The molecular weight excluding hydrogens is 324 g/mol. The number of thiazole rings is 1. The number of aryl methyl sites for hydroxylation is 1. The van der Waals surface area contributed by atoms with E-state index < -0.39 is 16.0 Å². The third-order valence-electron chi connectivity index (χ3n) is 2.45. The van der Waals surface area contributed by atoms with E-state index in [9.17, 15) is 13.2 Å².